The van der Waals surface area contributed by atoms with E-state index in [0.29, 0.717) is 12.8 Å². The summed E-state index contributed by atoms with van der Waals surface area (Å²) in [6.07, 6.45) is 4.70. The van der Waals surface area contributed by atoms with Gasteiger partial charge in [-0.25, -0.2) is 0 Å². The van der Waals surface area contributed by atoms with Crippen LogP contribution in [0.25, 0.3) is 0 Å². The maximum Gasteiger partial charge on any atom is 0.221 e. The third-order valence-corrected chi connectivity index (χ3v) is 4.57. The lowest BCUT2D eigenvalue weighted by Crippen LogP contribution is -2.45. The molecule has 0 bridgehead atoms. The Balaban J connectivity index is 1.83. The highest BCUT2D eigenvalue weighted by atomic mass is 35.5. The topological polar surface area (TPSA) is 52.9 Å². The van der Waals surface area contributed by atoms with E-state index in [-0.39, 0.29) is 5.91 Å². The van der Waals surface area contributed by atoms with Crippen LogP contribution < -0.4 is 5.32 Å². The molecule has 0 radical (unpaired) electrons. The maximum atomic E-state index is 11.9. The summed E-state index contributed by atoms with van der Waals surface area (Å²) in [5.74, 6) is -0.0389. The molecule has 1 amide bonds. The number of nitrogens with one attached hydrogen (secondary N) is 1. The van der Waals surface area contributed by atoms with Gasteiger partial charge in [-0.15, -0.1) is 11.3 Å². The summed E-state index contributed by atoms with van der Waals surface area (Å²) in [4.78, 5) is 13.0. The molecule has 1 aromatic rings. The number of aryl methyl sites for hydroxylation is 1. The second kappa shape index (κ2) is 5.73. The fourth-order valence-corrected chi connectivity index (χ4v) is 3.38. The first kappa shape index (κ1) is 13.4. The standard InChI is InChI=1S/C13H15ClN2OS/c14-11-5-3-10(18-11)4-6-12(17)16-13(9-15)7-1-2-8-13/h3,5H,1-2,4,6-8H2,(H,16,17). The third kappa shape index (κ3) is 3.24. The van der Waals surface area contributed by atoms with Crippen LogP contribution in [0.15, 0.2) is 12.1 Å². The summed E-state index contributed by atoms with van der Waals surface area (Å²) in [5, 5.41) is 12.1. The average Bonchev–Trinajstić information content (AvgIpc) is 2.97. The van der Waals surface area contributed by atoms with E-state index in [1.807, 2.05) is 12.1 Å². The van der Waals surface area contributed by atoms with Crippen molar-refractivity contribution in [3.05, 3.63) is 21.3 Å². The van der Waals surface area contributed by atoms with Crippen molar-refractivity contribution in [1.29, 1.82) is 5.26 Å². The van der Waals surface area contributed by atoms with E-state index in [1.165, 1.54) is 11.3 Å². The van der Waals surface area contributed by atoms with E-state index < -0.39 is 5.54 Å². The van der Waals surface area contributed by atoms with Gasteiger partial charge < -0.3 is 5.32 Å². The average molecular weight is 283 g/mol. The van der Waals surface area contributed by atoms with Crippen molar-refractivity contribution >= 4 is 28.8 Å². The van der Waals surface area contributed by atoms with Crippen molar-refractivity contribution in [2.75, 3.05) is 0 Å². The van der Waals surface area contributed by atoms with Gasteiger partial charge in [-0.3, -0.25) is 4.79 Å². The van der Waals surface area contributed by atoms with Crippen LogP contribution in [0.4, 0.5) is 0 Å². The minimum atomic E-state index is -0.607. The Hall–Kier alpha value is -1.05. The van der Waals surface area contributed by atoms with Gasteiger partial charge in [-0.1, -0.05) is 11.6 Å². The first-order valence-electron chi connectivity index (χ1n) is 6.10. The lowest BCUT2D eigenvalue weighted by Gasteiger charge is -2.21. The fourth-order valence-electron chi connectivity index (χ4n) is 2.30. The molecule has 0 atom stereocenters. The molecule has 1 N–H and O–H groups in total. The van der Waals surface area contributed by atoms with E-state index in [0.717, 1.165) is 34.9 Å². The van der Waals surface area contributed by atoms with E-state index in [1.54, 1.807) is 0 Å². The lowest BCUT2D eigenvalue weighted by atomic mass is 9.99. The maximum absolute atomic E-state index is 11.9. The highest BCUT2D eigenvalue weighted by Crippen LogP contribution is 2.29. The molecule has 5 heteroatoms. The molecule has 0 aliphatic heterocycles. The molecule has 0 spiro atoms. The molecule has 1 aliphatic rings. The van der Waals surface area contributed by atoms with Crippen molar-refractivity contribution in [1.82, 2.24) is 5.32 Å². The smallest absolute Gasteiger partial charge is 0.221 e. The van der Waals surface area contributed by atoms with Crippen molar-refractivity contribution in [2.24, 2.45) is 0 Å². The molecular weight excluding hydrogens is 268 g/mol. The summed E-state index contributed by atoms with van der Waals surface area (Å²) >= 11 is 7.33. The molecule has 0 aromatic carbocycles. The number of thiophene rings is 1. The number of hydrogen-bond acceptors (Lipinski definition) is 3. The van der Waals surface area contributed by atoms with E-state index in [2.05, 4.69) is 11.4 Å². The number of nitriles is 1. The molecule has 1 heterocycles. The highest BCUT2D eigenvalue weighted by Gasteiger charge is 2.35. The number of carbonyl (C=O) groups excluding carboxylic acids is 1. The van der Waals surface area contributed by atoms with Gasteiger partial charge in [-0.2, -0.15) is 5.26 Å². The van der Waals surface area contributed by atoms with Gasteiger partial charge in [0.2, 0.25) is 5.91 Å². The monoisotopic (exact) mass is 282 g/mol. The Bertz CT molecular complexity index is 472. The minimum absolute atomic E-state index is 0.0389. The van der Waals surface area contributed by atoms with Gasteiger partial charge in [0, 0.05) is 11.3 Å². The zero-order chi connectivity index (χ0) is 13.0. The zero-order valence-corrected chi connectivity index (χ0v) is 11.6. The number of halogens is 1. The van der Waals surface area contributed by atoms with Gasteiger partial charge in [0.1, 0.15) is 5.54 Å². The first-order chi connectivity index (χ1) is 8.63. The lowest BCUT2D eigenvalue weighted by molar-refractivity contribution is -0.122. The van der Waals surface area contributed by atoms with Gasteiger partial charge in [0.05, 0.1) is 10.4 Å². The van der Waals surface area contributed by atoms with Crippen LogP contribution in [0.1, 0.15) is 37.0 Å². The third-order valence-electron chi connectivity index (χ3n) is 3.28. The van der Waals surface area contributed by atoms with Crippen LogP contribution in [0.5, 0.6) is 0 Å². The highest BCUT2D eigenvalue weighted by molar-refractivity contribution is 7.16. The minimum Gasteiger partial charge on any atom is -0.338 e. The summed E-state index contributed by atoms with van der Waals surface area (Å²) in [6, 6.07) is 6.04. The normalized spacial score (nSPS) is 17.3. The number of rotatable bonds is 4. The molecule has 96 valence electrons. The van der Waals surface area contributed by atoms with Crippen LogP contribution in [-0.2, 0) is 11.2 Å². The molecule has 18 heavy (non-hydrogen) atoms. The number of amides is 1. The number of carbonyl (C=O) groups is 1. The predicted octanol–water partition coefficient (Wildman–Crippen LogP) is 3.29. The Labute approximate surface area is 116 Å². The second-order valence-electron chi connectivity index (χ2n) is 4.66. The predicted molar refractivity (Wildman–Crippen MR) is 72.6 cm³/mol. The second-order valence-corrected chi connectivity index (χ2v) is 6.45. The van der Waals surface area contributed by atoms with Crippen molar-refractivity contribution in [3.8, 4) is 6.07 Å². The first-order valence-corrected chi connectivity index (χ1v) is 7.29. The molecule has 3 nitrogen and oxygen atoms in total. The Kier molecular flexibility index (Phi) is 4.26. The molecule has 1 saturated carbocycles. The molecule has 0 saturated heterocycles. The van der Waals surface area contributed by atoms with E-state index in [9.17, 15) is 10.1 Å². The Morgan fingerprint density at radius 1 is 1.50 bits per heavy atom. The molecule has 1 aromatic heterocycles. The number of hydrogen-bond donors (Lipinski definition) is 1. The van der Waals surface area contributed by atoms with Crippen molar-refractivity contribution in [3.63, 3.8) is 0 Å². The molecular formula is C13H15ClN2OS. The quantitative estimate of drug-likeness (QED) is 0.921. The SMILES string of the molecule is N#CC1(NC(=O)CCc2ccc(Cl)s2)CCCC1. The molecule has 1 aliphatic carbocycles. The van der Waals surface area contributed by atoms with Crippen LogP contribution in [-0.4, -0.2) is 11.4 Å². The van der Waals surface area contributed by atoms with Gasteiger partial charge in [0.15, 0.2) is 0 Å². The van der Waals surface area contributed by atoms with Crippen molar-refractivity contribution in [2.45, 2.75) is 44.1 Å². The summed E-state index contributed by atoms with van der Waals surface area (Å²) < 4.78 is 0.745. The van der Waals surface area contributed by atoms with E-state index >= 15 is 0 Å². The molecule has 0 unspecified atom stereocenters. The van der Waals surface area contributed by atoms with Gasteiger partial charge >= 0.3 is 0 Å². The van der Waals surface area contributed by atoms with Crippen LogP contribution in [0, 0.1) is 11.3 Å². The summed E-state index contributed by atoms with van der Waals surface area (Å²) in [5.41, 5.74) is -0.607. The summed E-state index contributed by atoms with van der Waals surface area (Å²) in [7, 11) is 0. The summed E-state index contributed by atoms with van der Waals surface area (Å²) in [6.45, 7) is 0. The van der Waals surface area contributed by atoms with Gasteiger partial charge in [0.25, 0.3) is 0 Å². The van der Waals surface area contributed by atoms with Crippen molar-refractivity contribution < 1.29 is 4.79 Å². The fraction of sp³-hybridized carbons (Fsp3) is 0.538. The van der Waals surface area contributed by atoms with E-state index in [4.69, 9.17) is 11.6 Å². The molecule has 1 fully saturated rings. The van der Waals surface area contributed by atoms with Gasteiger partial charge in [-0.05, 0) is 44.2 Å². The number of nitrogens with zero attached hydrogens (tertiary/aromatic N) is 1. The van der Waals surface area contributed by atoms with Crippen LogP contribution >= 0.6 is 22.9 Å². The largest absolute Gasteiger partial charge is 0.338 e. The Morgan fingerprint density at radius 2 is 2.22 bits per heavy atom. The zero-order valence-electron chi connectivity index (χ0n) is 10.0. The molecule has 2 rings (SSSR count). The Morgan fingerprint density at radius 3 is 2.78 bits per heavy atom. The van der Waals surface area contributed by atoms with Crippen LogP contribution in [0.3, 0.4) is 0 Å². The van der Waals surface area contributed by atoms with Crippen LogP contribution in [0.2, 0.25) is 4.34 Å².